The van der Waals surface area contributed by atoms with Gasteiger partial charge >= 0.3 is 0 Å². The number of hydrogen-bond acceptors (Lipinski definition) is 7. The number of likely N-dealkylation sites (N-methyl/N-ethyl adjacent to an activating group) is 1. The summed E-state index contributed by atoms with van der Waals surface area (Å²) in [5.41, 5.74) is 2.06. The third-order valence-electron chi connectivity index (χ3n) is 5.58. The van der Waals surface area contributed by atoms with Crippen LogP contribution in [0, 0.1) is 23.7 Å². The Balaban J connectivity index is 1.91. The van der Waals surface area contributed by atoms with E-state index in [4.69, 9.17) is 4.74 Å². The summed E-state index contributed by atoms with van der Waals surface area (Å²) in [5.74, 6) is 6.52. The van der Waals surface area contributed by atoms with Crippen LogP contribution in [0.15, 0.2) is 31.0 Å². The molecule has 0 fully saturated rings. The van der Waals surface area contributed by atoms with E-state index in [1.165, 1.54) is 6.33 Å². The average molecular weight is 452 g/mol. The third-order valence-corrected chi connectivity index (χ3v) is 5.58. The van der Waals surface area contributed by atoms with E-state index in [9.17, 15) is 9.90 Å². The van der Waals surface area contributed by atoms with Gasteiger partial charge in [0, 0.05) is 61.2 Å². The van der Waals surface area contributed by atoms with Crippen LogP contribution in [0.25, 0.3) is 0 Å². The number of aliphatic hydroxyl groups excluding tert-OH is 1. The van der Waals surface area contributed by atoms with E-state index in [-0.39, 0.29) is 36.5 Å². The monoisotopic (exact) mass is 451 g/mol. The summed E-state index contributed by atoms with van der Waals surface area (Å²) in [5, 5.41) is 9.79. The Morgan fingerprint density at radius 3 is 2.67 bits per heavy atom. The van der Waals surface area contributed by atoms with E-state index >= 15 is 0 Å². The molecule has 0 aromatic carbocycles. The molecule has 0 aliphatic carbocycles. The van der Waals surface area contributed by atoms with Crippen molar-refractivity contribution in [2.75, 3.05) is 26.7 Å². The van der Waals surface area contributed by atoms with E-state index in [2.05, 4.69) is 38.6 Å². The molecule has 33 heavy (non-hydrogen) atoms. The van der Waals surface area contributed by atoms with Crippen LogP contribution in [0.2, 0.25) is 0 Å². The zero-order chi connectivity index (χ0) is 24.0. The van der Waals surface area contributed by atoms with E-state index in [1.807, 2.05) is 27.8 Å². The van der Waals surface area contributed by atoms with Crippen LogP contribution >= 0.6 is 0 Å². The van der Waals surface area contributed by atoms with Gasteiger partial charge in [-0.15, -0.1) is 0 Å². The van der Waals surface area contributed by atoms with E-state index in [0.29, 0.717) is 36.6 Å². The van der Waals surface area contributed by atoms with Crippen molar-refractivity contribution in [2.24, 2.45) is 11.8 Å². The lowest BCUT2D eigenvalue weighted by atomic mass is 9.99. The number of fused-ring (bicyclic) bond motifs is 1. The van der Waals surface area contributed by atoms with Crippen molar-refractivity contribution in [2.45, 2.75) is 46.4 Å². The van der Waals surface area contributed by atoms with Crippen molar-refractivity contribution in [3.8, 4) is 17.7 Å². The first-order valence-electron chi connectivity index (χ1n) is 11.3. The summed E-state index contributed by atoms with van der Waals surface area (Å²) in [6, 6.07) is 1.42. The lowest BCUT2D eigenvalue weighted by Gasteiger charge is -2.37. The van der Waals surface area contributed by atoms with Gasteiger partial charge in [-0.1, -0.05) is 32.6 Å². The quantitative estimate of drug-likeness (QED) is 0.674. The number of amides is 1. The van der Waals surface area contributed by atoms with Crippen molar-refractivity contribution in [1.82, 2.24) is 24.8 Å². The van der Waals surface area contributed by atoms with Crippen LogP contribution in [0.1, 0.15) is 49.2 Å². The predicted molar refractivity (Wildman–Crippen MR) is 125 cm³/mol. The summed E-state index contributed by atoms with van der Waals surface area (Å²) >= 11 is 0. The molecule has 1 aliphatic rings. The normalized spacial score (nSPS) is 19.3. The highest BCUT2D eigenvalue weighted by Gasteiger charge is 2.34. The SMILES string of the molecule is CC(C)C#Cc1cnc2c(c1)C(=O)N([C@@H](C)CO)C[C@H](C)[C@@H](CN(C)Cc1cncnc1)O2. The molecule has 0 spiro atoms. The van der Waals surface area contributed by atoms with Crippen LogP contribution in [0.4, 0.5) is 0 Å². The number of pyridine rings is 1. The molecule has 0 saturated carbocycles. The molecule has 1 aliphatic heterocycles. The van der Waals surface area contributed by atoms with Gasteiger partial charge in [-0.2, -0.15) is 0 Å². The van der Waals surface area contributed by atoms with Gasteiger partial charge in [0.1, 0.15) is 18.0 Å². The van der Waals surface area contributed by atoms with Gasteiger partial charge in [-0.25, -0.2) is 15.0 Å². The molecule has 3 atom stereocenters. The Morgan fingerprint density at radius 1 is 1.27 bits per heavy atom. The highest BCUT2D eigenvalue weighted by molar-refractivity contribution is 5.97. The van der Waals surface area contributed by atoms with Crippen molar-refractivity contribution in [3.63, 3.8) is 0 Å². The number of ether oxygens (including phenoxy) is 1. The molecule has 3 heterocycles. The predicted octanol–water partition coefficient (Wildman–Crippen LogP) is 2.23. The Morgan fingerprint density at radius 2 is 2.00 bits per heavy atom. The van der Waals surface area contributed by atoms with Crippen LogP contribution in [0.5, 0.6) is 5.88 Å². The van der Waals surface area contributed by atoms with Gasteiger partial charge in [0.15, 0.2) is 0 Å². The summed E-state index contributed by atoms with van der Waals surface area (Å²) in [4.78, 5) is 29.9. The average Bonchev–Trinajstić information content (AvgIpc) is 2.80. The minimum Gasteiger partial charge on any atom is -0.472 e. The standard InChI is InChI=1S/C25H33N5O3/c1-17(2)6-7-20-8-22-24(28-11-20)33-23(14-29(5)13-21-9-26-16-27-10-21)18(3)12-30(25(22)32)19(4)15-31/h8-11,16-19,23,31H,12-15H2,1-5H3/t18-,19-,23+/m0/s1. The number of nitrogens with zero attached hydrogens (tertiary/aromatic N) is 5. The highest BCUT2D eigenvalue weighted by atomic mass is 16.5. The van der Waals surface area contributed by atoms with Crippen molar-refractivity contribution in [1.29, 1.82) is 0 Å². The van der Waals surface area contributed by atoms with Gasteiger partial charge in [0.2, 0.25) is 5.88 Å². The minimum absolute atomic E-state index is 0.0211. The number of aliphatic hydroxyl groups is 1. The molecule has 2 aromatic rings. The summed E-state index contributed by atoms with van der Waals surface area (Å²) < 4.78 is 6.33. The third kappa shape index (κ3) is 6.50. The molecular formula is C25H33N5O3. The lowest BCUT2D eigenvalue weighted by Crippen LogP contribution is -2.49. The molecule has 0 radical (unpaired) electrons. The van der Waals surface area contributed by atoms with E-state index < -0.39 is 0 Å². The zero-order valence-electron chi connectivity index (χ0n) is 20.0. The number of carbonyl (C=O) groups is 1. The second kappa shape index (κ2) is 11.2. The molecule has 1 N–H and O–H groups in total. The lowest BCUT2D eigenvalue weighted by molar-refractivity contribution is 0.0325. The van der Waals surface area contributed by atoms with Crippen molar-refractivity contribution in [3.05, 3.63) is 47.7 Å². The first-order valence-corrected chi connectivity index (χ1v) is 11.3. The maximum atomic E-state index is 13.4. The number of carbonyl (C=O) groups excluding carboxylic acids is 1. The summed E-state index contributed by atoms with van der Waals surface area (Å²) in [6.07, 6.45) is 6.55. The van der Waals surface area contributed by atoms with Crippen molar-refractivity contribution < 1.29 is 14.6 Å². The number of hydrogen-bond donors (Lipinski definition) is 1. The Kier molecular flexibility index (Phi) is 8.37. The molecule has 0 unspecified atom stereocenters. The molecule has 8 heteroatoms. The van der Waals surface area contributed by atoms with E-state index in [0.717, 1.165) is 5.56 Å². The number of aromatic nitrogens is 3. The number of rotatable bonds is 6. The molecular weight excluding hydrogens is 418 g/mol. The Hall–Kier alpha value is -3.02. The first-order chi connectivity index (χ1) is 15.8. The molecule has 3 rings (SSSR count). The second-order valence-corrected chi connectivity index (χ2v) is 9.07. The van der Waals surface area contributed by atoms with Gasteiger partial charge in [-0.3, -0.25) is 9.69 Å². The van der Waals surface area contributed by atoms with Gasteiger partial charge in [0.05, 0.1) is 12.6 Å². The van der Waals surface area contributed by atoms with Gasteiger partial charge in [-0.05, 0) is 20.0 Å². The smallest absolute Gasteiger partial charge is 0.259 e. The van der Waals surface area contributed by atoms with Gasteiger partial charge in [0.25, 0.3) is 5.91 Å². The first kappa shape index (κ1) is 24.6. The Labute approximate surface area is 196 Å². The molecule has 0 bridgehead atoms. The van der Waals surface area contributed by atoms with Gasteiger partial charge < -0.3 is 14.7 Å². The Bertz CT molecular complexity index is 1000. The summed E-state index contributed by atoms with van der Waals surface area (Å²) in [6.45, 7) is 9.58. The second-order valence-electron chi connectivity index (χ2n) is 9.07. The molecule has 176 valence electrons. The zero-order valence-corrected chi connectivity index (χ0v) is 20.0. The largest absolute Gasteiger partial charge is 0.472 e. The fourth-order valence-corrected chi connectivity index (χ4v) is 3.71. The molecule has 8 nitrogen and oxygen atoms in total. The molecule has 1 amide bonds. The molecule has 0 saturated heterocycles. The van der Waals surface area contributed by atoms with Crippen molar-refractivity contribution >= 4 is 5.91 Å². The maximum absolute atomic E-state index is 13.4. The van der Waals surface area contributed by atoms with Crippen LogP contribution < -0.4 is 4.74 Å². The van der Waals surface area contributed by atoms with Crippen LogP contribution in [-0.2, 0) is 6.54 Å². The fraction of sp³-hybridized carbons (Fsp3) is 0.520. The fourth-order valence-electron chi connectivity index (χ4n) is 3.71. The molecule has 2 aromatic heterocycles. The highest BCUT2D eigenvalue weighted by Crippen LogP contribution is 2.27. The maximum Gasteiger partial charge on any atom is 0.259 e. The van der Waals surface area contributed by atoms with Crippen LogP contribution in [0.3, 0.4) is 0 Å². The topological polar surface area (TPSA) is 91.7 Å². The van der Waals surface area contributed by atoms with E-state index in [1.54, 1.807) is 29.6 Å². The summed E-state index contributed by atoms with van der Waals surface area (Å²) in [7, 11) is 2.01. The minimum atomic E-state index is -0.323. The van der Waals surface area contributed by atoms with Crippen LogP contribution in [-0.4, -0.2) is 74.7 Å².